The van der Waals surface area contributed by atoms with E-state index in [2.05, 4.69) is 11.8 Å². The Kier molecular flexibility index (Phi) is 3.97. The molecule has 0 amide bonds. The van der Waals surface area contributed by atoms with Crippen LogP contribution in [-0.2, 0) is 6.42 Å². The van der Waals surface area contributed by atoms with E-state index in [-0.39, 0.29) is 11.9 Å². The topological polar surface area (TPSA) is 38.5 Å². The highest BCUT2D eigenvalue weighted by Gasteiger charge is 2.24. The number of hydrogen-bond acceptors (Lipinski definition) is 3. The first-order valence-corrected chi connectivity index (χ1v) is 6.10. The fourth-order valence-electron chi connectivity index (χ4n) is 2.24. The number of benzene rings is 1. The van der Waals surface area contributed by atoms with Gasteiger partial charge in [-0.15, -0.1) is 0 Å². The monoisotopic (exact) mass is 238 g/mol. The first kappa shape index (κ1) is 12.3. The van der Waals surface area contributed by atoms with Crippen molar-refractivity contribution in [2.75, 3.05) is 26.2 Å². The molecule has 0 aliphatic carbocycles. The molecule has 0 saturated carbocycles. The van der Waals surface area contributed by atoms with Crippen molar-refractivity contribution in [2.45, 2.75) is 19.4 Å². The molecule has 0 fully saturated rings. The van der Waals surface area contributed by atoms with Crippen LogP contribution in [0.3, 0.4) is 0 Å². The van der Waals surface area contributed by atoms with Crippen molar-refractivity contribution in [3.8, 4) is 5.75 Å². The van der Waals surface area contributed by atoms with Crippen molar-refractivity contribution in [1.82, 2.24) is 4.90 Å². The molecule has 1 atom stereocenters. The van der Waals surface area contributed by atoms with Gasteiger partial charge in [0.25, 0.3) is 0 Å². The third-order valence-electron chi connectivity index (χ3n) is 3.12. The van der Waals surface area contributed by atoms with E-state index in [0.717, 1.165) is 37.4 Å². The number of likely N-dealkylation sites (N-methyl/N-ethyl adjacent to an activating group) is 1. The minimum absolute atomic E-state index is 0.123. The van der Waals surface area contributed by atoms with Gasteiger partial charge < -0.3 is 10.5 Å². The Morgan fingerprint density at radius 1 is 1.53 bits per heavy atom. The number of rotatable bonds is 5. The van der Waals surface area contributed by atoms with E-state index in [9.17, 15) is 4.39 Å². The molecule has 0 radical (unpaired) electrons. The third kappa shape index (κ3) is 2.96. The van der Waals surface area contributed by atoms with E-state index in [1.54, 1.807) is 12.1 Å². The van der Waals surface area contributed by atoms with Crippen LogP contribution in [0.4, 0.5) is 4.39 Å². The molecule has 2 rings (SSSR count). The van der Waals surface area contributed by atoms with Crippen LogP contribution in [0.1, 0.15) is 12.5 Å². The Hall–Kier alpha value is -1.13. The molecule has 1 aromatic rings. The van der Waals surface area contributed by atoms with E-state index in [1.807, 2.05) is 0 Å². The lowest BCUT2D eigenvalue weighted by atomic mass is 10.1. The molecule has 1 aliphatic rings. The number of fused-ring (bicyclic) bond motifs is 1. The summed E-state index contributed by atoms with van der Waals surface area (Å²) < 4.78 is 18.8. The number of halogens is 1. The van der Waals surface area contributed by atoms with Crippen molar-refractivity contribution < 1.29 is 9.13 Å². The van der Waals surface area contributed by atoms with Gasteiger partial charge in [-0.3, -0.25) is 4.90 Å². The van der Waals surface area contributed by atoms with Crippen molar-refractivity contribution in [1.29, 1.82) is 0 Å². The van der Waals surface area contributed by atoms with Crippen molar-refractivity contribution in [3.05, 3.63) is 29.6 Å². The molecule has 1 aliphatic heterocycles. The van der Waals surface area contributed by atoms with Gasteiger partial charge in [0.2, 0.25) is 0 Å². The molecule has 4 heteroatoms. The first-order valence-electron chi connectivity index (χ1n) is 6.10. The number of nitrogens with zero attached hydrogens (tertiary/aromatic N) is 1. The van der Waals surface area contributed by atoms with Gasteiger partial charge in [0.1, 0.15) is 17.7 Å². The van der Waals surface area contributed by atoms with Crippen LogP contribution in [0, 0.1) is 5.82 Å². The Labute approximate surface area is 101 Å². The fraction of sp³-hybridized carbons (Fsp3) is 0.538. The number of nitrogens with two attached hydrogens (primary N) is 1. The van der Waals surface area contributed by atoms with Gasteiger partial charge in [-0.2, -0.15) is 0 Å². The van der Waals surface area contributed by atoms with Crippen LogP contribution >= 0.6 is 0 Å². The average Bonchev–Trinajstić information content (AvgIpc) is 2.69. The standard InChI is InChI=1S/C13H19FN2O/c1-2-16(6-5-15)9-12-8-10-7-11(14)3-4-13(10)17-12/h3-4,7,12H,2,5-6,8-9,15H2,1H3. The summed E-state index contributed by atoms with van der Waals surface area (Å²) >= 11 is 0. The Morgan fingerprint density at radius 3 is 3.06 bits per heavy atom. The summed E-state index contributed by atoms with van der Waals surface area (Å²) in [6.45, 7) is 5.45. The second-order valence-electron chi connectivity index (χ2n) is 4.38. The van der Waals surface area contributed by atoms with E-state index < -0.39 is 0 Å². The molecule has 1 aromatic carbocycles. The third-order valence-corrected chi connectivity index (χ3v) is 3.12. The van der Waals surface area contributed by atoms with Crippen molar-refractivity contribution in [3.63, 3.8) is 0 Å². The zero-order valence-electron chi connectivity index (χ0n) is 10.2. The smallest absolute Gasteiger partial charge is 0.123 e. The van der Waals surface area contributed by atoms with Crippen LogP contribution in [0.2, 0.25) is 0 Å². The summed E-state index contributed by atoms with van der Waals surface area (Å²) in [5, 5.41) is 0. The van der Waals surface area contributed by atoms with Crippen LogP contribution in [-0.4, -0.2) is 37.2 Å². The Balaban J connectivity index is 1.95. The molecule has 0 aromatic heterocycles. The average molecular weight is 238 g/mol. The highest BCUT2D eigenvalue weighted by molar-refractivity contribution is 5.37. The molecule has 17 heavy (non-hydrogen) atoms. The second kappa shape index (κ2) is 5.47. The van der Waals surface area contributed by atoms with Gasteiger partial charge in [0.05, 0.1) is 0 Å². The summed E-state index contributed by atoms with van der Waals surface area (Å²) in [7, 11) is 0. The van der Waals surface area contributed by atoms with E-state index in [0.29, 0.717) is 6.54 Å². The predicted octanol–water partition coefficient (Wildman–Crippen LogP) is 1.41. The lowest BCUT2D eigenvalue weighted by Gasteiger charge is -2.22. The lowest BCUT2D eigenvalue weighted by molar-refractivity contribution is 0.157. The molecule has 0 bridgehead atoms. The molecular formula is C13H19FN2O. The maximum Gasteiger partial charge on any atom is 0.123 e. The highest BCUT2D eigenvalue weighted by atomic mass is 19.1. The summed E-state index contributed by atoms with van der Waals surface area (Å²) in [5.41, 5.74) is 6.52. The Bertz CT molecular complexity index is 384. The van der Waals surface area contributed by atoms with Gasteiger partial charge in [-0.05, 0) is 24.7 Å². The van der Waals surface area contributed by atoms with Crippen LogP contribution in [0.15, 0.2) is 18.2 Å². The molecule has 0 spiro atoms. The van der Waals surface area contributed by atoms with Gasteiger partial charge in [0, 0.05) is 31.6 Å². The van der Waals surface area contributed by atoms with Crippen molar-refractivity contribution >= 4 is 0 Å². The first-order chi connectivity index (χ1) is 8.22. The van der Waals surface area contributed by atoms with Gasteiger partial charge in [-0.1, -0.05) is 6.92 Å². The SMILES string of the molecule is CCN(CCN)CC1Cc2cc(F)ccc2O1. The predicted molar refractivity (Wildman–Crippen MR) is 65.7 cm³/mol. The highest BCUT2D eigenvalue weighted by Crippen LogP contribution is 2.29. The summed E-state index contributed by atoms with van der Waals surface area (Å²) in [6, 6.07) is 4.72. The largest absolute Gasteiger partial charge is 0.488 e. The number of hydrogen-bond donors (Lipinski definition) is 1. The minimum Gasteiger partial charge on any atom is -0.488 e. The summed E-state index contributed by atoms with van der Waals surface area (Å²) in [5.74, 6) is 0.627. The van der Waals surface area contributed by atoms with Gasteiger partial charge in [-0.25, -0.2) is 4.39 Å². The molecular weight excluding hydrogens is 219 g/mol. The maximum absolute atomic E-state index is 13.1. The zero-order valence-corrected chi connectivity index (χ0v) is 10.2. The Morgan fingerprint density at radius 2 is 2.35 bits per heavy atom. The second-order valence-corrected chi connectivity index (χ2v) is 4.38. The van der Waals surface area contributed by atoms with E-state index in [1.165, 1.54) is 6.07 Å². The van der Waals surface area contributed by atoms with Crippen LogP contribution < -0.4 is 10.5 Å². The fourth-order valence-corrected chi connectivity index (χ4v) is 2.24. The summed E-state index contributed by atoms with van der Waals surface area (Å²) in [6.07, 6.45) is 0.909. The zero-order chi connectivity index (χ0) is 12.3. The van der Waals surface area contributed by atoms with Crippen LogP contribution in [0.5, 0.6) is 5.75 Å². The normalized spacial score (nSPS) is 18.2. The molecule has 1 unspecified atom stereocenters. The molecule has 94 valence electrons. The van der Waals surface area contributed by atoms with E-state index in [4.69, 9.17) is 10.5 Å². The van der Waals surface area contributed by atoms with Crippen LogP contribution in [0.25, 0.3) is 0 Å². The van der Waals surface area contributed by atoms with Gasteiger partial charge >= 0.3 is 0 Å². The summed E-state index contributed by atoms with van der Waals surface area (Å²) in [4.78, 5) is 2.26. The quantitative estimate of drug-likeness (QED) is 0.843. The van der Waals surface area contributed by atoms with Crippen molar-refractivity contribution in [2.24, 2.45) is 5.73 Å². The lowest BCUT2D eigenvalue weighted by Crippen LogP contribution is -2.37. The van der Waals surface area contributed by atoms with E-state index >= 15 is 0 Å². The van der Waals surface area contributed by atoms with Gasteiger partial charge in [0.15, 0.2) is 0 Å². The maximum atomic E-state index is 13.1. The minimum atomic E-state index is -0.192. The molecule has 3 nitrogen and oxygen atoms in total. The number of ether oxygens (including phenoxy) is 1. The molecule has 0 saturated heterocycles. The molecule has 1 heterocycles. The molecule has 2 N–H and O–H groups in total.